The third kappa shape index (κ3) is 3.96. The Balaban J connectivity index is 1.84. The van der Waals surface area contributed by atoms with Crippen LogP contribution in [-0.2, 0) is 11.2 Å². The second kappa shape index (κ2) is 7.35. The Bertz CT molecular complexity index is 744. The van der Waals surface area contributed by atoms with Crippen LogP contribution in [0.15, 0.2) is 36.4 Å². The smallest absolute Gasteiger partial charge is 0.219 e. The minimum absolute atomic E-state index is 0.156. The maximum absolute atomic E-state index is 11.7. The average Bonchev–Trinajstić information content (AvgIpc) is 2.56. The SMILES string of the molecule is CC(=O)N1CCCC(c2cc(Cc3ccccc3Cl)cc(C)n2)C1. The zero-order chi connectivity index (χ0) is 17.1. The third-order valence-corrected chi connectivity index (χ3v) is 5.04. The van der Waals surface area contributed by atoms with Gasteiger partial charge in [0.05, 0.1) is 0 Å². The van der Waals surface area contributed by atoms with Gasteiger partial charge < -0.3 is 4.90 Å². The molecule has 3 rings (SSSR count). The normalized spacial score (nSPS) is 17.8. The van der Waals surface area contributed by atoms with Crippen molar-refractivity contribution in [3.63, 3.8) is 0 Å². The number of hydrogen-bond donors (Lipinski definition) is 0. The molecule has 0 N–H and O–H groups in total. The van der Waals surface area contributed by atoms with Gasteiger partial charge in [-0.1, -0.05) is 29.8 Å². The number of pyridine rings is 1. The summed E-state index contributed by atoms with van der Waals surface area (Å²) in [6.45, 7) is 5.32. The van der Waals surface area contributed by atoms with Crippen LogP contribution in [0.25, 0.3) is 0 Å². The Morgan fingerprint density at radius 1 is 1.33 bits per heavy atom. The number of aryl methyl sites for hydroxylation is 1. The van der Waals surface area contributed by atoms with Gasteiger partial charge in [-0.2, -0.15) is 0 Å². The molecule has 0 saturated carbocycles. The molecule has 4 heteroatoms. The number of rotatable bonds is 3. The van der Waals surface area contributed by atoms with Gasteiger partial charge in [0.15, 0.2) is 0 Å². The number of amides is 1. The van der Waals surface area contributed by atoms with Crippen molar-refractivity contribution in [2.45, 2.75) is 39.0 Å². The summed E-state index contributed by atoms with van der Waals surface area (Å²) in [6, 6.07) is 12.3. The molecule has 0 bridgehead atoms. The fourth-order valence-electron chi connectivity index (χ4n) is 3.45. The van der Waals surface area contributed by atoms with E-state index in [0.29, 0.717) is 5.92 Å². The molecule has 1 fully saturated rings. The number of aromatic nitrogens is 1. The van der Waals surface area contributed by atoms with E-state index in [1.165, 1.54) is 5.56 Å². The molecule has 0 radical (unpaired) electrons. The number of carbonyl (C=O) groups excluding carboxylic acids is 1. The molecule has 126 valence electrons. The van der Waals surface area contributed by atoms with Gasteiger partial charge in [-0.3, -0.25) is 9.78 Å². The van der Waals surface area contributed by atoms with Crippen LogP contribution in [0.4, 0.5) is 0 Å². The maximum Gasteiger partial charge on any atom is 0.219 e. The lowest BCUT2D eigenvalue weighted by Crippen LogP contribution is -2.37. The number of piperidine rings is 1. The summed E-state index contributed by atoms with van der Waals surface area (Å²) >= 11 is 6.30. The van der Waals surface area contributed by atoms with E-state index >= 15 is 0 Å². The lowest BCUT2D eigenvalue weighted by atomic mass is 9.92. The zero-order valence-electron chi connectivity index (χ0n) is 14.3. The zero-order valence-corrected chi connectivity index (χ0v) is 15.0. The average molecular weight is 343 g/mol. The van der Waals surface area contributed by atoms with E-state index in [1.807, 2.05) is 30.0 Å². The molecular formula is C20H23ClN2O. The summed E-state index contributed by atoms with van der Waals surface area (Å²) < 4.78 is 0. The Labute approximate surface area is 148 Å². The minimum Gasteiger partial charge on any atom is -0.342 e. The first-order chi connectivity index (χ1) is 11.5. The highest BCUT2D eigenvalue weighted by Crippen LogP contribution is 2.28. The van der Waals surface area contributed by atoms with Crippen LogP contribution in [0.2, 0.25) is 5.02 Å². The summed E-state index contributed by atoms with van der Waals surface area (Å²) in [7, 11) is 0. The summed E-state index contributed by atoms with van der Waals surface area (Å²) in [4.78, 5) is 18.4. The predicted molar refractivity (Wildman–Crippen MR) is 97.5 cm³/mol. The standard InChI is InChI=1S/C20H23ClN2O/c1-14-10-16(11-17-6-3-4-8-19(17)21)12-20(22-14)18-7-5-9-23(13-18)15(2)24/h3-4,6,8,10,12,18H,5,7,9,11,13H2,1-2H3. The van der Waals surface area contributed by atoms with Gasteiger partial charge >= 0.3 is 0 Å². The van der Waals surface area contributed by atoms with E-state index in [2.05, 4.69) is 18.2 Å². The molecule has 1 unspecified atom stereocenters. The second-order valence-corrected chi connectivity index (χ2v) is 7.02. The number of hydrogen-bond acceptors (Lipinski definition) is 2. The van der Waals surface area contributed by atoms with Crippen LogP contribution < -0.4 is 0 Å². The quantitative estimate of drug-likeness (QED) is 0.830. The first-order valence-electron chi connectivity index (χ1n) is 8.49. The van der Waals surface area contributed by atoms with Crippen LogP contribution >= 0.6 is 11.6 Å². The van der Waals surface area contributed by atoms with Gasteiger partial charge in [0.25, 0.3) is 0 Å². The van der Waals surface area contributed by atoms with Crippen molar-refractivity contribution in [3.8, 4) is 0 Å². The number of nitrogens with zero attached hydrogens (tertiary/aromatic N) is 2. The molecule has 24 heavy (non-hydrogen) atoms. The number of halogens is 1. The molecule has 1 aliphatic heterocycles. The van der Waals surface area contributed by atoms with Crippen LogP contribution in [0.5, 0.6) is 0 Å². The highest BCUT2D eigenvalue weighted by Gasteiger charge is 2.24. The van der Waals surface area contributed by atoms with E-state index in [1.54, 1.807) is 6.92 Å². The summed E-state index contributed by atoms with van der Waals surface area (Å²) in [5.41, 5.74) is 4.48. The molecular weight excluding hydrogens is 320 g/mol. The van der Waals surface area contributed by atoms with Crippen LogP contribution in [0.3, 0.4) is 0 Å². The maximum atomic E-state index is 11.7. The fourth-order valence-corrected chi connectivity index (χ4v) is 3.65. The first-order valence-corrected chi connectivity index (χ1v) is 8.87. The molecule has 1 amide bonds. The van der Waals surface area contributed by atoms with Gasteiger partial charge in [-0.25, -0.2) is 0 Å². The molecule has 2 aromatic rings. The van der Waals surface area contributed by atoms with Gasteiger partial charge in [0.1, 0.15) is 0 Å². The minimum atomic E-state index is 0.156. The Morgan fingerprint density at radius 2 is 2.12 bits per heavy atom. The van der Waals surface area contributed by atoms with Crippen molar-refractivity contribution in [3.05, 3.63) is 63.9 Å². The third-order valence-electron chi connectivity index (χ3n) is 4.67. The largest absolute Gasteiger partial charge is 0.342 e. The van der Waals surface area contributed by atoms with E-state index < -0.39 is 0 Å². The lowest BCUT2D eigenvalue weighted by molar-refractivity contribution is -0.130. The Kier molecular flexibility index (Phi) is 5.20. The van der Waals surface area contributed by atoms with E-state index in [0.717, 1.165) is 54.3 Å². The molecule has 1 aliphatic rings. The Morgan fingerprint density at radius 3 is 2.88 bits per heavy atom. The van der Waals surface area contributed by atoms with Crippen molar-refractivity contribution in [2.75, 3.05) is 13.1 Å². The van der Waals surface area contributed by atoms with Crippen molar-refractivity contribution in [1.29, 1.82) is 0 Å². The monoisotopic (exact) mass is 342 g/mol. The van der Waals surface area contributed by atoms with Crippen LogP contribution in [0, 0.1) is 6.92 Å². The summed E-state index contributed by atoms with van der Waals surface area (Å²) in [6.07, 6.45) is 2.94. The molecule has 1 aromatic heterocycles. The van der Waals surface area contributed by atoms with Crippen molar-refractivity contribution in [2.24, 2.45) is 0 Å². The van der Waals surface area contributed by atoms with Crippen LogP contribution in [0.1, 0.15) is 48.2 Å². The highest BCUT2D eigenvalue weighted by molar-refractivity contribution is 6.31. The Hall–Kier alpha value is -1.87. The highest BCUT2D eigenvalue weighted by atomic mass is 35.5. The van der Waals surface area contributed by atoms with Gasteiger partial charge in [-0.15, -0.1) is 0 Å². The molecule has 0 spiro atoms. The molecule has 2 heterocycles. The number of likely N-dealkylation sites (tertiary alicyclic amines) is 1. The van der Waals surface area contributed by atoms with Crippen molar-refractivity contribution >= 4 is 17.5 Å². The fraction of sp³-hybridized carbons (Fsp3) is 0.400. The number of benzene rings is 1. The predicted octanol–water partition coefficient (Wildman–Crippen LogP) is 4.36. The molecule has 1 aromatic carbocycles. The lowest BCUT2D eigenvalue weighted by Gasteiger charge is -2.32. The summed E-state index contributed by atoms with van der Waals surface area (Å²) in [5.74, 6) is 0.483. The van der Waals surface area contributed by atoms with E-state index in [9.17, 15) is 4.79 Å². The van der Waals surface area contributed by atoms with Gasteiger partial charge in [0.2, 0.25) is 5.91 Å². The molecule has 0 aliphatic carbocycles. The van der Waals surface area contributed by atoms with E-state index in [4.69, 9.17) is 16.6 Å². The summed E-state index contributed by atoms with van der Waals surface area (Å²) in [5, 5.41) is 0.800. The topological polar surface area (TPSA) is 33.2 Å². The molecule has 1 atom stereocenters. The van der Waals surface area contributed by atoms with Crippen molar-refractivity contribution in [1.82, 2.24) is 9.88 Å². The van der Waals surface area contributed by atoms with Crippen molar-refractivity contribution < 1.29 is 4.79 Å². The number of carbonyl (C=O) groups is 1. The van der Waals surface area contributed by atoms with Crippen LogP contribution in [-0.4, -0.2) is 28.9 Å². The second-order valence-electron chi connectivity index (χ2n) is 6.61. The first kappa shape index (κ1) is 17.0. The molecule has 1 saturated heterocycles. The molecule has 3 nitrogen and oxygen atoms in total. The van der Waals surface area contributed by atoms with E-state index in [-0.39, 0.29) is 5.91 Å². The van der Waals surface area contributed by atoms with Gasteiger partial charge in [-0.05, 0) is 55.5 Å². The van der Waals surface area contributed by atoms with Gasteiger partial charge in [0, 0.05) is 42.3 Å².